The number of anilines is 1. The lowest BCUT2D eigenvalue weighted by molar-refractivity contribution is 0.102. The monoisotopic (exact) mass is 466 g/mol. The summed E-state index contributed by atoms with van der Waals surface area (Å²) in [5.41, 5.74) is 0.294. The van der Waals surface area contributed by atoms with Gasteiger partial charge in [0.15, 0.2) is 0 Å². The number of nitrogens with zero attached hydrogens (tertiary/aromatic N) is 3. The van der Waals surface area contributed by atoms with Gasteiger partial charge in [0.05, 0.1) is 10.9 Å². The van der Waals surface area contributed by atoms with Crippen molar-refractivity contribution in [2.75, 3.05) is 11.9 Å². The third kappa shape index (κ3) is 4.22. The molecule has 1 aliphatic rings. The Morgan fingerprint density at radius 2 is 2.00 bits per heavy atom. The van der Waals surface area contributed by atoms with E-state index in [2.05, 4.69) is 15.5 Å². The Morgan fingerprint density at radius 1 is 1.20 bits per heavy atom. The molecule has 1 saturated heterocycles. The molecule has 2 aromatic carbocycles. The molecule has 30 heavy (non-hydrogen) atoms. The van der Waals surface area contributed by atoms with E-state index in [-0.39, 0.29) is 9.90 Å². The molecule has 0 radical (unpaired) electrons. The van der Waals surface area contributed by atoms with Crippen molar-refractivity contribution in [2.45, 2.75) is 23.8 Å². The van der Waals surface area contributed by atoms with Crippen molar-refractivity contribution in [1.82, 2.24) is 14.5 Å². The van der Waals surface area contributed by atoms with Crippen molar-refractivity contribution < 1.29 is 17.6 Å². The molecule has 0 saturated carbocycles. The average Bonchev–Trinajstić information content (AvgIpc) is 3.38. The minimum Gasteiger partial charge on any atom is -0.320 e. The molecule has 1 atom stereocenters. The number of benzene rings is 2. The Balaban J connectivity index is 1.55. The van der Waals surface area contributed by atoms with Crippen LogP contribution >= 0.6 is 22.9 Å². The molecule has 1 aromatic heterocycles. The van der Waals surface area contributed by atoms with Crippen molar-refractivity contribution in [2.24, 2.45) is 0 Å². The Kier molecular flexibility index (Phi) is 5.83. The number of carbonyl (C=O) groups is 1. The van der Waals surface area contributed by atoms with E-state index in [1.165, 1.54) is 34.6 Å². The maximum absolute atomic E-state index is 13.3. The first-order valence-electron chi connectivity index (χ1n) is 9.02. The molecule has 1 unspecified atom stereocenters. The average molecular weight is 467 g/mol. The van der Waals surface area contributed by atoms with Crippen LogP contribution in [0.4, 0.5) is 10.1 Å². The zero-order valence-corrected chi connectivity index (χ0v) is 17.8. The molecule has 0 spiro atoms. The van der Waals surface area contributed by atoms with Crippen LogP contribution in [0, 0.1) is 5.82 Å². The lowest BCUT2D eigenvalue weighted by atomic mass is 10.2. The molecule has 1 fully saturated rings. The standard InChI is InChI=1S/C19H16ClFN4O3S2/c20-12-4-1-7-15(10-12)30(27,28)25-9-3-8-16(25)18-23-24-19(29-18)17(26)22-14-6-2-5-13(21)11-14/h1-2,4-7,10-11,16H,3,8-9H2,(H,22,26). The molecular weight excluding hydrogens is 451 g/mol. The number of hydrogen-bond donors (Lipinski definition) is 1. The Labute approximate surface area is 181 Å². The molecule has 0 bridgehead atoms. The topological polar surface area (TPSA) is 92.3 Å². The Hall–Kier alpha value is -2.40. The SMILES string of the molecule is O=C(Nc1cccc(F)c1)c1nnc(C2CCCN2S(=O)(=O)c2cccc(Cl)c2)s1. The summed E-state index contributed by atoms with van der Waals surface area (Å²) in [5.74, 6) is -1.01. The number of rotatable bonds is 5. The van der Waals surface area contributed by atoms with Gasteiger partial charge in [0, 0.05) is 17.3 Å². The highest BCUT2D eigenvalue weighted by Gasteiger charge is 2.38. The first kappa shape index (κ1) is 20.9. The summed E-state index contributed by atoms with van der Waals surface area (Å²) in [6.07, 6.45) is 1.23. The van der Waals surface area contributed by atoms with Crippen LogP contribution in [-0.4, -0.2) is 35.4 Å². The van der Waals surface area contributed by atoms with Crippen molar-refractivity contribution in [3.05, 3.63) is 69.4 Å². The van der Waals surface area contributed by atoms with Gasteiger partial charge in [0.2, 0.25) is 15.0 Å². The lowest BCUT2D eigenvalue weighted by Gasteiger charge is -2.22. The summed E-state index contributed by atoms with van der Waals surface area (Å²) < 4.78 is 40.9. The molecule has 1 amide bonds. The van der Waals surface area contributed by atoms with Gasteiger partial charge in [-0.05, 0) is 49.2 Å². The maximum Gasteiger partial charge on any atom is 0.286 e. The maximum atomic E-state index is 13.3. The van der Waals surface area contributed by atoms with E-state index in [1.807, 2.05) is 0 Å². The highest BCUT2D eigenvalue weighted by molar-refractivity contribution is 7.89. The molecule has 4 rings (SSSR count). The van der Waals surface area contributed by atoms with E-state index in [1.54, 1.807) is 18.2 Å². The van der Waals surface area contributed by atoms with Crippen molar-refractivity contribution in [1.29, 1.82) is 0 Å². The lowest BCUT2D eigenvalue weighted by Crippen LogP contribution is -2.30. The molecule has 1 N–H and O–H groups in total. The first-order valence-corrected chi connectivity index (χ1v) is 11.7. The van der Waals surface area contributed by atoms with Gasteiger partial charge in [0.25, 0.3) is 5.91 Å². The molecular formula is C19H16ClFN4O3S2. The number of aromatic nitrogens is 2. The van der Waals surface area contributed by atoms with Gasteiger partial charge in [-0.25, -0.2) is 12.8 Å². The number of sulfonamides is 1. The minimum absolute atomic E-state index is 0.0706. The van der Waals surface area contributed by atoms with Crippen LogP contribution < -0.4 is 5.32 Å². The van der Waals surface area contributed by atoms with E-state index in [4.69, 9.17) is 11.6 Å². The summed E-state index contributed by atoms with van der Waals surface area (Å²) in [5, 5.41) is 11.4. The van der Waals surface area contributed by atoms with Crippen LogP contribution in [0.5, 0.6) is 0 Å². The van der Waals surface area contributed by atoms with E-state index >= 15 is 0 Å². The van der Waals surface area contributed by atoms with Crippen molar-refractivity contribution >= 4 is 44.6 Å². The predicted molar refractivity (Wildman–Crippen MR) is 112 cm³/mol. The fourth-order valence-electron chi connectivity index (χ4n) is 3.25. The highest BCUT2D eigenvalue weighted by atomic mass is 35.5. The fraction of sp³-hybridized carbons (Fsp3) is 0.211. The Bertz CT molecular complexity index is 1200. The van der Waals surface area contributed by atoms with Gasteiger partial charge in [-0.2, -0.15) is 4.31 Å². The zero-order chi connectivity index (χ0) is 21.3. The van der Waals surface area contributed by atoms with Crippen LogP contribution in [0.3, 0.4) is 0 Å². The van der Waals surface area contributed by atoms with Crippen LogP contribution in [0.25, 0.3) is 0 Å². The number of amides is 1. The van der Waals surface area contributed by atoms with Crippen molar-refractivity contribution in [3.63, 3.8) is 0 Å². The van der Waals surface area contributed by atoms with Crippen LogP contribution in [0.15, 0.2) is 53.4 Å². The van der Waals surface area contributed by atoms with Crippen LogP contribution in [-0.2, 0) is 10.0 Å². The third-order valence-corrected chi connectivity index (χ3v) is 7.77. The third-order valence-electron chi connectivity index (χ3n) is 4.61. The van der Waals surface area contributed by atoms with Gasteiger partial charge < -0.3 is 5.32 Å². The van der Waals surface area contributed by atoms with E-state index < -0.39 is 27.8 Å². The predicted octanol–water partition coefficient (Wildman–Crippen LogP) is 4.11. The quantitative estimate of drug-likeness (QED) is 0.611. The van der Waals surface area contributed by atoms with Crippen LogP contribution in [0.2, 0.25) is 5.02 Å². The number of carbonyl (C=O) groups excluding carboxylic acids is 1. The molecule has 2 heterocycles. The number of nitrogens with one attached hydrogen (secondary N) is 1. The van der Waals surface area contributed by atoms with E-state index in [0.717, 1.165) is 11.3 Å². The fourth-order valence-corrected chi connectivity index (χ4v) is 6.16. The number of hydrogen-bond acceptors (Lipinski definition) is 6. The van der Waals surface area contributed by atoms with Gasteiger partial charge in [-0.1, -0.05) is 35.1 Å². The normalized spacial score (nSPS) is 17.2. The van der Waals surface area contributed by atoms with E-state index in [9.17, 15) is 17.6 Å². The first-order chi connectivity index (χ1) is 14.3. The second kappa shape index (κ2) is 8.38. The molecule has 1 aliphatic heterocycles. The Morgan fingerprint density at radius 3 is 2.77 bits per heavy atom. The molecule has 7 nitrogen and oxygen atoms in total. The van der Waals surface area contributed by atoms with E-state index in [0.29, 0.717) is 35.1 Å². The summed E-state index contributed by atoms with van der Waals surface area (Å²) in [6, 6.07) is 11.1. The molecule has 156 valence electrons. The summed E-state index contributed by atoms with van der Waals surface area (Å²) in [6.45, 7) is 0.337. The largest absolute Gasteiger partial charge is 0.320 e. The van der Waals surface area contributed by atoms with Gasteiger partial charge >= 0.3 is 0 Å². The summed E-state index contributed by atoms with van der Waals surface area (Å²) in [4.78, 5) is 12.5. The van der Waals surface area contributed by atoms with Crippen LogP contribution in [0.1, 0.15) is 33.7 Å². The smallest absolute Gasteiger partial charge is 0.286 e. The summed E-state index contributed by atoms with van der Waals surface area (Å²) in [7, 11) is -3.78. The van der Waals surface area contributed by atoms with Gasteiger partial charge in [-0.15, -0.1) is 10.2 Å². The van der Waals surface area contributed by atoms with Gasteiger partial charge in [0.1, 0.15) is 10.8 Å². The molecule has 11 heteroatoms. The minimum atomic E-state index is -3.78. The second-order valence-electron chi connectivity index (χ2n) is 6.64. The summed E-state index contributed by atoms with van der Waals surface area (Å²) >= 11 is 6.97. The zero-order valence-electron chi connectivity index (χ0n) is 15.5. The number of halogens is 2. The highest BCUT2D eigenvalue weighted by Crippen LogP contribution is 2.38. The van der Waals surface area contributed by atoms with Gasteiger partial charge in [-0.3, -0.25) is 4.79 Å². The second-order valence-corrected chi connectivity index (χ2v) is 9.98. The molecule has 3 aromatic rings. The molecule has 0 aliphatic carbocycles. The van der Waals surface area contributed by atoms with Crippen molar-refractivity contribution in [3.8, 4) is 0 Å².